The Morgan fingerprint density at radius 3 is 2.39 bits per heavy atom. The molecule has 0 saturated carbocycles. The number of alkyl halides is 2. The summed E-state index contributed by atoms with van der Waals surface area (Å²) >= 11 is 6.49. The van der Waals surface area contributed by atoms with Gasteiger partial charge in [-0.2, -0.15) is 0 Å². The molecule has 2 aliphatic rings. The van der Waals surface area contributed by atoms with Gasteiger partial charge in [-0.05, 0) is 59.2 Å². The number of nitrogen functional groups attached to an aromatic ring is 1. The largest absolute Gasteiger partial charge is 0.486 e. The van der Waals surface area contributed by atoms with Crippen LogP contribution in [0.5, 0.6) is 5.75 Å². The van der Waals surface area contributed by atoms with Crippen LogP contribution in [0.2, 0.25) is 5.02 Å². The molecule has 10 heteroatoms. The number of nitrogens with one attached hydrogen (secondary N) is 1. The number of rotatable bonds is 6. The van der Waals surface area contributed by atoms with Crippen LogP contribution < -0.4 is 15.8 Å². The predicted octanol–water partition coefficient (Wildman–Crippen LogP) is 6.26. The van der Waals surface area contributed by atoms with Gasteiger partial charge in [0.15, 0.2) is 0 Å². The number of likely N-dealkylation sites (tertiary alicyclic amines) is 1. The number of halogens is 3. The number of carbonyl (C=O) groups is 2. The summed E-state index contributed by atoms with van der Waals surface area (Å²) in [5.41, 5.74) is 9.25. The molecule has 3 N–H and O–H groups in total. The van der Waals surface area contributed by atoms with Crippen molar-refractivity contribution in [1.29, 1.82) is 0 Å². The monoisotopic (exact) mass is 584 g/mol. The number of hydrogen-bond acceptors (Lipinski definition) is 5. The topological polar surface area (TPSA) is 97.5 Å². The van der Waals surface area contributed by atoms with Gasteiger partial charge in [-0.25, -0.2) is 13.8 Å². The summed E-state index contributed by atoms with van der Waals surface area (Å²) < 4.78 is 32.1. The number of nitrogens with two attached hydrogens (primary N) is 1. The van der Waals surface area contributed by atoms with Crippen LogP contribution in [0.1, 0.15) is 49.2 Å². The molecule has 41 heavy (non-hydrogen) atoms. The Bertz CT molecular complexity index is 1370. The smallest absolute Gasteiger partial charge is 0.282 e. The normalized spacial score (nSPS) is 16.3. The van der Waals surface area contributed by atoms with E-state index in [9.17, 15) is 18.4 Å². The number of anilines is 1. The number of hydrogen-bond donors (Lipinski definition) is 2. The molecule has 5 rings (SSSR count). The van der Waals surface area contributed by atoms with Crippen LogP contribution >= 0.6 is 11.6 Å². The second-order valence-corrected chi connectivity index (χ2v) is 9.49. The van der Waals surface area contributed by atoms with Crippen molar-refractivity contribution in [2.75, 3.05) is 25.4 Å². The third-order valence-corrected chi connectivity index (χ3v) is 6.47. The molecule has 3 aromatic rings. The number of benzene rings is 2. The molecule has 1 atom stereocenters. The van der Waals surface area contributed by atoms with Crippen molar-refractivity contribution < 1.29 is 23.1 Å². The van der Waals surface area contributed by atoms with Crippen LogP contribution in [0.15, 0.2) is 60.8 Å². The fraction of sp³-hybridized carbons (Fsp3) is 0.323. The van der Waals surface area contributed by atoms with Crippen molar-refractivity contribution in [2.24, 2.45) is 0 Å². The van der Waals surface area contributed by atoms with E-state index in [2.05, 4.69) is 10.3 Å². The van der Waals surface area contributed by atoms with E-state index in [0.29, 0.717) is 35.1 Å². The summed E-state index contributed by atoms with van der Waals surface area (Å²) in [5, 5.41) is 3.27. The standard InChI is InChI=1S/C27H23ClF2N4O3.2C2H6/c28-22-11-19(17-3-5-18(6-4-17)26(36)34-14-27(29,30)15-34)9-20-10-21(37-25(20)22)13-33-24(35)8-2-16-1-7-23(31)32-12-16;2*1-2/h1-9,11-12,21H,10,13-15H2,(H2,31,32)(H,33,35);2*1-2H3/b8-2+;;. The molecule has 218 valence electrons. The van der Waals surface area contributed by atoms with Crippen molar-refractivity contribution in [3.63, 3.8) is 0 Å². The number of fused-ring (bicyclic) bond motifs is 1. The second-order valence-electron chi connectivity index (χ2n) is 9.08. The lowest BCUT2D eigenvalue weighted by molar-refractivity contribution is -0.116. The predicted molar refractivity (Wildman–Crippen MR) is 159 cm³/mol. The lowest BCUT2D eigenvalue weighted by Gasteiger charge is -2.38. The van der Waals surface area contributed by atoms with Crippen LogP contribution in [0.4, 0.5) is 14.6 Å². The second kappa shape index (κ2) is 14.1. The minimum absolute atomic E-state index is 0.264. The zero-order valence-corrected chi connectivity index (χ0v) is 24.3. The molecule has 0 aliphatic carbocycles. The first kappa shape index (κ1) is 31.5. The lowest BCUT2D eigenvalue weighted by atomic mass is 9.99. The van der Waals surface area contributed by atoms with E-state index in [0.717, 1.165) is 27.2 Å². The first-order valence-electron chi connectivity index (χ1n) is 13.6. The quantitative estimate of drug-likeness (QED) is 0.333. The van der Waals surface area contributed by atoms with Gasteiger partial charge in [0.2, 0.25) is 5.91 Å². The number of nitrogens with zero attached hydrogens (tertiary/aromatic N) is 2. The molecule has 0 bridgehead atoms. The van der Waals surface area contributed by atoms with Gasteiger partial charge in [-0.15, -0.1) is 0 Å². The third-order valence-electron chi connectivity index (χ3n) is 6.19. The van der Waals surface area contributed by atoms with Crippen molar-refractivity contribution in [1.82, 2.24) is 15.2 Å². The van der Waals surface area contributed by atoms with E-state index in [-0.39, 0.29) is 12.0 Å². The van der Waals surface area contributed by atoms with E-state index in [1.807, 2.05) is 33.8 Å². The fourth-order valence-corrected chi connectivity index (χ4v) is 4.56. The molecule has 1 aromatic heterocycles. The van der Waals surface area contributed by atoms with Crippen molar-refractivity contribution in [3.8, 4) is 16.9 Å². The Balaban J connectivity index is 0.00000111. The van der Waals surface area contributed by atoms with Crippen molar-refractivity contribution >= 4 is 35.3 Å². The lowest BCUT2D eigenvalue weighted by Crippen LogP contribution is -2.58. The maximum atomic E-state index is 13.1. The van der Waals surface area contributed by atoms with E-state index in [4.69, 9.17) is 22.1 Å². The number of ether oxygens (including phenoxy) is 1. The summed E-state index contributed by atoms with van der Waals surface area (Å²) in [6.07, 6.45) is 4.94. The van der Waals surface area contributed by atoms with Gasteiger partial charge >= 0.3 is 0 Å². The zero-order chi connectivity index (χ0) is 30.2. The summed E-state index contributed by atoms with van der Waals surface area (Å²) in [6.45, 7) is 7.20. The van der Waals surface area contributed by atoms with Gasteiger partial charge in [0.1, 0.15) is 17.7 Å². The molecule has 2 aromatic carbocycles. The molecule has 2 amide bonds. The third kappa shape index (κ3) is 8.04. The first-order valence-corrected chi connectivity index (χ1v) is 14.0. The molecule has 1 fully saturated rings. The molecule has 0 radical (unpaired) electrons. The van der Waals surface area contributed by atoms with Gasteiger partial charge < -0.3 is 20.7 Å². The average Bonchev–Trinajstić information content (AvgIpc) is 3.40. The molecular formula is C31H35ClF2N4O3. The number of amides is 2. The Morgan fingerprint density at radius 1 is 1.10 bits per heavy atom. The number of pyridine rings is 1. The fourth-order valence-electron chi connectivity index (χ4n) is 4.27. The van der Waals surface area contributed by atoms with Crippen LogP contribution in [-0.4, -0.2) is 53.4 Å². The van der Waals surface area contributed by atoms with Crippen LogP contribution in [0.25, 0.3) is 17.2 Å². The van der Waals surface area contributed by atoms with E-state index in [1.54, 1.807) is 54.7 Å². The maximum Gasteiger partial charge on any atom is 0.282 e. The highest BCUT2D eigenvalue weighted by atomic mass is 35.5. The first-order chi connectivity index (χ1) is 19.7. The Morgan fingerprint density at radius 2 is 1.78 bits per heavy atom. The Kier molecular flexibility index (Phi) is 10.8. The highest BCUT2D eigenvalue weighted by Gasteiger charge is 2.46. The molecule has 7 nitrogen and oxygen atoms in total. The summed E-state index contributed by atoms with van der Waals surface area (Å²) in [7, 11) is 0. The van der Waals surface area contributed by atoms with Crippen LogP contribution in [0.3, 0.4) is 0 Å². The summed E-state index contributed by atoms with van der Waals surface area (Å²) in [4.78, 5) is 29.7. The van der Waals surface area contributed by atoms with Crippen LogP contribution in [0, 0.1) is 0 Å². The highest BCUT2D eigenvalue weighted by molar-refractivity contribution is 6.32. The average molecular weight is 585 g/mol. The van der Waals surface area contributed by atoms with Gasteiger partial charge in [-0.3, -0.25) is 9.59 Å². The maximum absolute atomic E-state index is 13.1. The Labute approximate surface area is 244 Å². The van der Waals surface area contributed by atoms with E-state index >= 15 is 0 Å². The van der Waals surface area contributed by atoms with Crippen LogP contribution in [-0.2, 0) is 11.2 Å². The summed E-state index contributed by atoms with van der Waals surface area (Å²) in [5.74, 6) is -2.49. The molecule has 1 saturated heterocycles. The molecule has 1 unspecified atom stereocenters. The van der Waals surface area contributed by atoms with Crippen molar-refractivity contribution in [3.05, 3.63) is 82.5 Å². The van der Waals surface area contributed by atoms with E-state index < -0.39 is 24.9 Å². The van der Waals surface area contributed by atoms with Gasteiger partial charge in [-0.1, -0.05) is 51.4 Å². The van der Waals surface area contributed by atoms with Crippen molar-refractivity contribution in [2.45, 2.75) is 46.1 Å². The SMILES string of the molecule is CC.CC.Nc1ccc(/C=C/C(=O)NCC2Cc3cc(-c4ccc(C(=O)N5CC(F)(F)C5)cc4)cc(Cl)c3O2)cn1. The minimum atomic E-state index is -2.80. The molecular weight excluding hydrogens is 550 g/mol. The molecule has 0 spiro atoms. The molecule has 3 heterocycles. The van der Waals surface area contributed by atoms with Gasteiger partial charge in [0, 0.05) is 29.8 Å². The zero-order valence-electron chi connectivity index (χ0n) is 23.6. The number of carbonyl (C=O) groups excluding carboxylic acids is 2. The molecule has 2 aliphatic heterocycles. The van der Waals surface area contributed by atoms with E-state index in [1.165, 1.54) is 6.08 Å². The summed E-state index contributed by atoms with van der Waals surface area (Å²) in [6, 6.07) is 13.9. The van der Waals surface area contributed by atoms with Gasteiger partial charge in [0.25, 0.3) is 11.8 Å². The highest BCUT2D eigenvalue weighted by Crippen LogP contribution is 2.39. The van der Waals surface area contributed by atoms with Gasteiger partial charge in [0.05, 0.1) is 24.7 Å². The number of aromatic nitrogens is 1. The minimum Gasteiger partial charge on any atom is -0.486 e. The Hall–Kier alpha value is -3.98.